The highest BCUT2D eigenvalue weighted by Crippen LogP contribution is 2.20. The van der Waals surface area contributed by atoms with E-state index >= 15 is 0 Å². The Kier molecular flexibility index (Phi) is 5.38. The number of nitrogens with one attached hydrogen (secondary N) is 1. The molecule has 6 nitrogen and oxygen atoms in total. The predicted molar refractivity (Wildman–Crippen MR) is 94.4 cm³/mol. The maximum absolute atomic E-state index is 13.5. The molecule has 7 heteroatoms. The Labute approximate surface area is 150 Å². The zero-order chi connectivity index (χ0) is 18.5. The molecule has 0 fully saturated rings. The lowest BCUT2D eigenvalue weighted by Gasteiger charge is -2.23. The molecule has 0 spiro atoms. The number of hydrogen-bond donors (Lipinski definition) is 1. The second-order valence-electron chi connectivity index (χ2n) is 6.01. The van der Waals surface area contributed by atoms with E-state index in [1.807, 2.05) is 30.3 Å². The van der Waals surface area contributed by atoms with E-state index in [1.54, 1.807) is 31.1 Å². The van der Waals surface area contributed by atoms with Crippen molar-refractivity contribution >= 4 is 5.91 Å². The topological polar surface area (TPSA) is 71.3 Å². The summed E-state index contributed by atoms with van der Waals surface area (Å²) >= 11 is 0. The highest BCUT2D eigenvalue weighted by atomic mass is 19.1. The number of halogens is 1. The van der Waals surface area contributed by atoms with Crippen LogP contribution in [0.15, 0.2) is 59.0 Å². The Morgan fingerprint density at radius 2 is 1.92 bits per heavy atom. The molecule has 1 N–H and O–H groups in total. The van der Waals surface area contributed by atoms with Crippen LogP contribution in [0, 0.1) is 5.82 Å². The second kappa shape index (κ2) is 7.88. The maximum Gasteiger partial charge on any atom is 0.247 e. The van der Waals surface area contributed by atoms with Crippen molar-refractivity contribution < 1.29 is 13.6 Å². The van der Waals surface area contributed by atoms with Crippen LogP contribution >= 0.6 is 0 Å². The molecule has 3 aromatic rings. The summed E-state index contributed by atoms with van der Waals surface area (Å²) in [6.07, 6.45) is 0. The first-order valence-corrected chi connectivity index (χ1v) is 8.12. The number of carbonyl (C=O) groups excluding carboxylic acids is 1. The summed E-state index contributed by atoms with van der Waals surface area (Å²) in [4.78, 5) is 14.3. The van der Waals surface area contributed by atoms with Crippen LogP contribution in [-0.2, 0) is 11.3 Å². The zero-order valence-electron chi connectivity index (χ0n) is 14.5. The van der Waals surface area contributed by atoms with Crippen LogP contribution in [0.5, 0.6) is 0 Å². The van der Waals surface area contributed by atoms with Crippen molar-refractivity contribution in [2.45, 2.75) is 12.6 Å². The van der Waals surface area contributed by atoms with Gasteiger partial charge < -0.3 is 9.73 Å². The van der Waals surface area contributed by atoms with Crippen molar-refractivity contribution in [3.05, 3.63) is 71.9 Å². The molecule has 1 unspecified atom stereocenters. The standard InChI is InChI=1S/C19H19FN4O2/c1-24(2)17(14-9-6-10-15(20)11-14)18(25)21-12-16-22-23-19(26-16)13-7-4-3-5-8-13/h3-11,17H,12H2,1-2H3,(H,21,25). The van der Waals surface area contributed by atoms with Crippen molar-refractivity contribution in [3.8, 4) is 11.5 Å². The zero-order valence-corrected chi connectivity index (χ0v) is 14.5. The minimum Gasteiger partial charge on any atom is -0.419 e. The van der Waals surface area contributed by atoms with Crippen LogP contribution in [0.4, 0.5) is 4.39 Å². The van der Waals surface area contributed by atoms with Gasteiger partial charge in [-0.15, -0.1) is 10.2 Å². The van der Waals surface area contributed by atoms with Crippen LogP contribution in [0.2, 0.25) is 0 Å². The van der Waals surface area contributed by atoms with Crippen molar-refractivity contribution in [1.29, 1.82) is 0 Å². The minimum atomic E-state index is -0.623. The van der Waals surface area contributed by atoms with E-state index in [2.05, 4.69) is 15.5 Å². The van der Waals surface area contributed by atoms with Gasteiger partial charge in [0.05, 0.1) is 6.54 Å². The lowest BCUT2D eigenvalue weighted by Crippen LogP contribution is -2.36. The summed E-state index contributed by atoms with van der Waals surface area (Å²) in [6, 6.07) is 14.7. The summed E-state index contributed by atoms with van der Waals surface area (Å²) in [5.41, 5.74) is 1.38. The Bertz CT molecular complexity index is 880. The highest BCUT2D eigenvalue weighted by molar-refractivity contribution is 5.83. The van der Waals surface area contributed by atoms with Crippen molar-refractivity contribution in [2.75, 3.05) is 14.1 Å². The van der Waals surface area contributed by atoms with Crippen LogP contribution in [0.25, 0.3) is 11.5 Å². The molecule has 1 amide bonds. The van der Waals surface area contributed by atoms with Gasteiger partial charge in [0.2, 0.25) is 17.7 Å². The SMILES string of the molecule is CN(C)C(C(=O)NCc1nnc(-c2ccccc2)o1)c1cccc(F)c1. The molecule has 1 heterocycles. The van der Waals surface area contributed by atoms with E-state index in [4.69, 9.17) is 4.42 Å². The molecule has 1 atom stereocenters. The lowest BCUT2D eigenvalue weighted by atomic mass is 10.1. The van der Waals surface area contributed by atoms with Gasteiger partial charge in [0.15, 0.2) is 0 Å². The molecule has 0 aliphatic rings. The number of likely N-dealkylation sites (N-methyl/N-ethyl adjacent to an activating group) is 1. The third-order valence-corrected chi connectivity index (χ3v) is 3.83. The van der Waals surface area contributed by atoms with E-state index in [0.29, 0.717) is 17.3 Å². The number of amides is 1. The van der Waals surface area contributed by atoms with Gasteiger partial charge in [-0.05, 0) is 43.9 Å². The Morgan fingerprint density at radius 1 is 1.15 bits per heavy atom. The van der Waals surface area contributed by atoms with Crippen molar-refractivity contribution in [3.63, 3.8) is 0 Å². The molecular weight excluding hydrogens is 335 g/mol. The largest absolute Gasteiger partial charge is 0.419 e. The van der Waals surface area contributed by atoms with Gasteiger partial charge in [-0.25, -0.2) is 4.39 Å². The van der Waals surface area contributed by atoms with Crippen LogP contribution in [-0.4, -0.2) is 35.1 Å². The van der Waals surface area contributed by atoms with E-state index in [-0.39, 0.29) is 18.3 Å². The summed E-state index contributed by atoms with van der Waals surface area (Å²) in [7, 11) is 3.52. The third kappa shape index (κ3) is 4.12. The first-order chi connectivity index (χ1) is 12.5. The fourth-order valence-electron chi connectivity index (χ4n) is 2.64. The van der Waals surface area contributed by atoms with Gasteiger partial charge in [0, 0.05) is 5.56 Å². The summed E-state index contributed by atoms with van der Waals surface area (Å²) in [6.45, 7) is 0.0956. The number of benzene rings is 2. The van der Waals surface area contributed by atoms with E-state index in [9.17, 15) is 9.18 Å². The fourth-order valence-corrected chi connectivity index (χ4v) is 2.64. The first-order valence-electron chi connectivity index (χ1n) is 8.12. The Morgan fingerprint density at radius 3 is 2.62 bits per heavy atom. The predicted octanol–water partition coefficient (Wildman–Crippen LogP) is 2.79. The Hall–Kier alpha value is -3.06. The van der Waals surface area contributed by atoms with Crippen LogP contribution in [0.3, 0.4) is 0 Å². The monoisotopic (exact) mass is 354 g/mol. The lowest BCUT2D eigenvalue weighted by molar-refractivity contribution is -0.126. The van der Waals surface area contributed by atoms with E-state index in [0.717, 1.165) is 5.56 Å². The molecule has 3 rings (SSSR count). The van der Waals surface area contributed by atoms with Gasteiger partial charge in [0.1, 0.15) is 11.9 Å². The summed E-state index contributed by atoms with van der Waals surface area (Å²) in [5, 5.41) is 10.7. The van der Waals surface area contributed by atoms with Crippen LogP contribution in [0.1, 0.15) is 17.5 Å². The van der Waals surface area contributed by atoms with Gasteiger partial charge in [-0.1, -0.05) is 30.3 Å². The number of rotatable bonds is 6. The molecule has 1 aromatic heterocycles. The molecule has 0 saturated carbocycles. The third-order valence-electron chi connectivity index (χ3n) is 3.83. The first kappa shape index (κ1) is 17.8. The highest BCUT2D eigenvalue weighted by Gasteiger charge is 2.23. The van der Waals surface area contributed by atoms with Crippen LogP contribution < -0.4 is 5.32 Å². The summed E-state index contributed by atoms with van der Waals surface area (Å²) < 4.78 is 19.1. The van der Waals surface area contributed by atoms with Gasteiger partial charge in [-0.2, -0.15) is 0 Å². The minimum absolute atomic E-state index is 0.0956. The average molecular weight is 354 g/mol. The fraction of sp³-hybridized carbons (Fsp3) is 0.211. The smallest absolute Gasteiger partial charge is 0.247 e. The molecule has 0 bridgehead atoms. The quantitative estimate of drug-likeness (QED) is 0.737. The van der Waals surface area contributed by atoms with E-state index < -0.39 is 6.04 Å². The number of carbonyl (C=O) groups is 1. The molecule has 134 valence electrons. The van der Waals surface area contributed by atoms with Gasteiger partial charge in [0.25, 0.3) is 0 Å². The number of aromatic nitrogens is 2. The van der Waals surface area contributed by atoms with Gasteiger partial charge >= 0.3 is 0 Å². The molecule has 0 aliphatic heterocycles. The molecule has 0 aliphatic carbocycles. The molecule has 26 heavy (non-hydrogen) atoms. The van der Waals surface area contributed by atoms with Crippen molar-refractivity contribution in [1.82, 2.24) is 20.4 Å². The normalized spacial score (nSPS) is 12.2. The van der Waals surface area contributed by atoms with E-state index in [1.165, 1.54) is 12.1 Å². The summed E-state index contributed by atoms with van der Waals surface area (Å²) in [5.74, 6) is 0.0321. The number of nitrogens with zero attached hydrogens (tertiary/aromatic N) is 3. The average Bonchev–Trinajstić information content (AvgIpc) is 3.10. The molecule has 2 aromatic carbocycles. The molecule has 0 saturated heterocycles. The molecule has 0 radical (unpaired) electrons. The molecular formula is C19H19FN4O2. The van der Waals surface area contributed by atoms with Gasteiger partial charge in [-0.3, -0.25) is 9.69 Å². The Balaban J connectivity index is 1.68. The van der Waals surface area contributed by atoms with Crippen molar-refractivity contribution in [2.24, 2.45) is 0 Å². The maximum atomic E-state index is 13.5. The number of hydrogen-bond acceptors (Lipinski definition) is 5. The second-order valence-corrected chi connectivity index (χ2v) is 6.01.